The number of rotatable bonds is 4. The monoisotopic (exact) mass is 291 g/mol. The molecule has 0 aromatic heterocycles. The fourth-order valence-corrected chi connectivity index (χ4v) is 2.32. The van der Waals surface area contributed by atoms with Gasteiger partial charge in [0.05, 0.1) is 5.56 Å². The molecular weight excluding hydrogens is 272 g/mol. The van der Waals surface area contributed by atoms with Crippen LogP contribution in [-0.2, 0) is 0 Å². The molecule has 2 N–H and O–H groups in total. The van der Waals surface area contributed by atoms with Crippen molar-refractivity contribution in [1.29, 1.82) is 0 Å². The van der Waals surface area contributed by atoms with Crippen LogP contribution in [0.3, 0.4) is 0 Å². The molecule has 2 nitrogen and oxygen atoms in total. The number of halogens is 2. The molecule has 0 aliphatic rings. The van der Waals surface area contributed by atoms with E-state index in [-0.39, 0.29) is 11.3 Å². The average Bonchev–Trinajstić information content (AvgIpc) is 2.40. The molecule has 2 aromatic carbocycles. The standard InChI is InChI=1S/C17H19F2NO/c1-10(2)14-6-5-13(8-11(14)3)21-16-7-4-12(20)9-15(16)17(18)19/h4-10,17H,20H2,1-3H3. The minimum absolute atomic E-state index is 0.135. The number of anilines is 1. The fraction of sp³-hybridized carbons (Fsp3) is 0.294. The first-order valence-electron chi connectivity index (χ1n) is 6.84. The highest BCUT2D eigenvalue weighted by Gasteiger charge is 2.15. The van der Waals surface area contributed by atoms with Crippen LogP contribution in [0, 0.1) is 6.92 Å². The molecular formula is C17H19F2NO. The van der Waals surface area contributed by atoms with Gasteiger partial charge in [0.25, 0.3) is 6.43 Å². The van der Waals surface area contributed by atoms with Crippen LogP contribution in [0.15, 0.2) is 36.4 Å². The largest absolute Gasteiger partial charge is 0.457 e. The lowest BCUT2D eigenvalue weighted by Gasteiger charge is -2.14. The van der Waals surface area contributed by atoms with E-state index >= 15 is 0 Å². The molecule has 0 radical (unpaired) electrons. The maximum absolute atomic E-state index is 13.0. The number of hydrogen-bond acceptors (Lipinski definition) is 2. The lowest BCUT2D eigenvalue weighted by Crippen LogP contribution is -1.96. The number of nitrogen functional groups attached to an aromatic ring is 1. The smallest absolute Gasteiger partial charge is 0.267 e. The van der Waals surface area contributed by atoms with Gasteiger partial charge in [0.2, 0.25) is 0 Å². The molecule has 2 rings (SSSR count). The van der Waals surface area contributed by atoms with Gasteiger partial charge in [-0.2, -0.15) is 0 Å². The zero-order chi connectivity index (χ0) is 15.6. The first-order chi connectivity index (χ1) is 9.88. The molecule has 2 aromatic rings. The molecule has 0 aliphatic heterocycles. The number of alkyl halides is 2. The predicted octanol–water partition coefficient (Wildman–Crippen LogP) is 5.43. The molecule has 112 valence electrons. The van der Waals surface area contributed by atoms with E-state index in [2.05, 4.69) is 13.8 Å². The Morgan fingerprint density at radius 2 is 1.71 bits per heavy atom. The highest BCUT2D eigenvalue weighted by atomic mass is 19.3. The Balaban J connectivity index is 2.32. The number of benzene rings is 2. The van der Waals surface area contributed by atoms with Crippen molar-refractivity contribution in [2.45, 2.75) is 33.1 Å². The van der Waals surface area contributed by atoms with Gasteiger partial charge in [-0.15, -0.1) is 0 Å². The molecule has 0 unspecified atom stereocenters. The summed E-state index contributed by atoms with van der Waals surface area (Å²) in [4.78, 5) is 0. The quantitative estimate of drug-likeness (QED) is 0.762. The Kier molecular flexibility index (Phi) is 4.46. The third-order valence-electron chi connectivity index (χ3n) is 3.36. The van der Waals surface area contributed by atoms with Crippen LogP contribution in [-0.4, -0.2) is 0 Å². The summed E-state index contributed by atoms with van der Waals surface area (Å²) >= 11 is 0. The summed E-state index contributed by atoms with van der Waals surface area (Å²) in [5.74, 6) is 1.09. The van der Waals surface area contributed by atoms with Crippen LogP contribution in [0.4, 0.5) is 14.5 Å². The van der Waals surface area contributed by atoms with Crippen LogP contribution < -0.4 is 10.5 Å². The topological polar surface area (TPSA) is 35.2 Å². The van der Waals surface area contributed by atoms with Gasteiger partial charge < -0.3 is 10.5 Å². The molecule has 4 heteroatoms. The minimum atomic E-state index is -2.63. The van der Waals surface area contributed by atoms with Crippen LogP contribution in [0.2, 0.25) is 0 Å². The Morgan fingerprint density at radius 1 is 1.00 bits per heavy atom. The van der Waals surface area contributed by atoms with Crippen molar-refractivity contribution in [3.8, 4) is 11.5 Å². The summed E-state index contributed by atoms with van der Waals surface area (Å²) in [6.07, 6.45) is -2.63. The predicted molar refractivity (Wildman–Crippen MR) is 81.2 cm³/mol. The summed E-state index contributed by atoms with van der Waals surface area (Å²) in [7, 11) is 0. The summed E-state index contributed by atoms with van der Waals surface area (Å²) in [6.45, 7) is 6.20. The van der Waals surface area contributed by atoms with E-state index in [1.165, 1.54) is 17.7 Å². The Bertz CT molecular complexity index is 639. The number of aryl methyl sites for hydroxylation is 1. The first kappa shape index (κ1) is 15.3. The van der Waals surface area contributed by atoms with Crippen molar-refractivity contribution in [2.75, 3.05) is 5.73 Å². The molecule has 0 bridgehead atoms. The molecule has 0 saturated carbocycles. The molecule has 0 spiro atoms. The maximum Gasteiger partial charge on any atom is 0.267 e. The molecule has 0 aliphatic carbocycles. The Labute approximate surface area is 123 Å². The zero-order valence-corrected chi connectivity index (χ0v) is 12.4. The summed E-state index contributed by atoms with van der Waals surface area (Å²) in [5, 5.41) is 0. The van der Waals surface area contributed by atoms with Crippen LogP contribution in [0.5, 0.6) is 11.5 Å². The van der Waals surface area contributed by atoms with Gasteiger partial charge in [0, 0.05) is 5.69 Å². The van der Waals surface area contributed by atoms with E-state index in [0.717, 1.165) is 5.56 Å². The number of hydrogen-bond donors (Lipinski definition) is 1. The van der Waals surface area contributed by atoms with Crippen molar-refractivity contribution in [2.24, 2.45) is 0 Å². The van der Waals surface area contributed by atoms with E-state index in [1.807, 2.05) is 19.1 Å². The SMILES string of the molecule is Cc1cc(Oc2ccc(N)cc2C(F)F)ccc1C(C)C. The van der Waals surface area contributed by atoms with Gasteiger partial charge in [-0.05, 0) is 54.3 Å². The minimum Gasteiger partial charge on any atom is -0.457 e. The molecule has 0 fully saturated rings. The third-order valence-corrected chi connectivity index (χ3v) is 3.36. The van der Waals surface area contributed by atoms with Gasteiger partial charge in [-0.3, -0.25) is 0 Å². The Morgan fingerprint density at radius 3 is 2.29 bits per heavy atom. The first-order valence-corrected chi connectivity index (χ1v) is 6.84. The van der Waals surface area contributed by atoms with Crippen LogP contribution >= 0.6 is 0 Å². The third kappa shape index (κ3) is 3.51. The molecule has 0 atom stereocenters. The van der Waals surface area contributed by atoms with E-state index in [4.69, 9.17) is 10.5 Å². The number of nitrogens with two attached hydrogens (primary N) is 1. The number of ether oxygens (including phenoxy) is 1. The second-order valence-electron chi connectivity index (χ2n) is 5.37. The summed E-state index contributed by atoms with van der Waals surface area (Å²) < 4.78 is 31.7. The summed E-state index contributed by atoms with van der Waals surface area (Å²) in [6, 6.07) is 9.90. The molecule has 0 heterocycles. The van der Waals surface area contributed by atoms with Crippen molar-refractivity contribution >= 4 is 5.69 Å². The fourth-order valence-electron chi connectivity index (χ4n) is 2.32. The van der Waals surface area contributed by atoms with Gasteiger partial charge in [-0.1, -0.05) is 19.9 Å². The van der Waals surface area contributed by atoms with Crippen LogP contribution in [0.1, 0.15) is 42.9 Å². The van der Waals surface area contributed by atoms with E-state index in [1.54, 1.807) is 12.1 Å². The van der Waals surface area contributed by atoms with E-state index < -0.39 is 6.43 Å². The normalized spacial score (nSPS) is 11.2. The van der Waals surface area contributed by atoms with Gasteiger partial charge >= 0.3 is 0 Å². The van der Waals surface area contributed by atoms with Crippen molar-refractivity contribution in [3.63, 3.8) is 0 Å². The zero-order valence-electron chi connectivity index (χ0n) is 12.4. The Hall–Kier alpha value is -2.10. The van der Waals surface area contributed by atoms with E-state index in [9.17, 15) is 8.78 Å². The lowest BCUT2D eigenvalue weighted by molar-refractivity contribution is 0.148. The molecule has 0 saturated heterocycles. The average molecular weight is 291 g/mol. The second-order valence-corrected chi connectivity index (χ2v) is 5.37. The van der Waals surface area contributed by atoms with E-state index in [0.29, 0.717) is 17.4 Å². The van der Waals surface area contributed by atoms with Gasteiger partial charge in [0.15, 0.2) is 0 Å². The maximum atomic E-state index is 13.0. The highest BCUT2D eigenvalue weighted by molar-refractivity contribution is 5.50. The van der Waals surface area contributed by atoms with Crippen molar-refractivity contribution < 1.29 is 13.5 Å². The van der Waals surface area contributed by atoms with Crippen molar-refractivity contribution in [3.05, 3.63) is 53.1 Å². The highest BCUT2D eigenvalue weighted by Crippen LogP contribution is 2.34. The summed E-state index contributed by atoms with van der Waals surface area (Å²) in [5.41, 5.74) is 7.95. The van der Waals surface area contributed by atoms with Gasteiger partial charge in [-0.25, -0.2) is 8.78 Å². The molecule has 21 heavy (non-hydrogen) atoms. The van der Waals surface area contributed by atoms with Gasteiger partial charge in [0.1, 0.15) is 11.5 Å². The second kappa shape index (κ2) is 6.12. The molecule has 0 amide bonds. The van der Waals surface area contributed by atoms with Crippen molar-refractivity contribution in [1.82, 2.24) is 0 Å². The van der Waals surface area contributed by atoms with Crippen LogP contribution in [0.25, 0.3) is 0 Å². The lowest BCUT2D eigenvalue weighted by atomic mass is 9.98.